The summed E-state index contributed by atoms with van der Waals surface area (Å²) in [5, 5.41) is 15.4. The largest absolute Gasteiger partial charge is 0.243 e. The lowest BCUT2D eigenvalue weighted by atomic mass is 11.0. The fourth-order valence-electron chi connectivity index (χ4n) is 0.471. The van der Waals surface area contributed by atoms with Crippen LogP contribution in [-0.4, -0.2) is 20.6 Å². The zero-order valence-corrected chi connectivity index (χ0v) is 7.21. The van der Waals surface area contributed by atoms with E-state index in [0.29, 0.717) is 10.1 Å². The molecule has 0 fully saturated rings. The highest BCUT2D eigenvalue weighted by Gasteiger charge is 2.03. The summed E-state index contributed by atoms with van der Waals surface area (Å²) in [5.41, 5.74) is 0. The van der Waals surface area contributed by atoms with E-state index in [1.54, 1.807) is 0 Å². The molecule has 62 valence electrons. The van der Waals surface area contributed by atoms with Gasteiger partial charge in [0.2, 0.25) is 0 Å². The molecule has 2 heterocycles. The van der Waals surface area contributed by atoms with Crippen LogP contribution >= 0.6 is 21.6 Å². The molecule has 6 nitrogen and oxygen atoms in total. The second-order valence-electron chi connectivity index (χ2n) is 1.66. The first kappa shape index (κ1) is 7.62. The van der Waals surface area contributed by atoms with Gasteiger partial charge in [0.05, 0.1) is 0 Å². The van der Waals surface area contributed by atoms with Crippen molar-refractivity contribution in [2.45, 2.75) is 10.1 Å². The van der Waals surface area contributed by atoms with Gasteiger partial charge in [0, 0.05) is 0 Å². The highest BCUT2D eigenvalue weighted by atomic mass is 33.1. The molecule has 0 saturated carbocycles. The third-order valence-electron chi connectivity index (χ3n) is 0.895. The van der Waals surface area contributed by atoms with Crippen LogP contribution in [0.3, 0.4) is 0 Å². The van der Waals surface area contributed by atoms with Crippen LogP contribution in [0.2, 0.25) is 0 Å². The summed E-state index contributed by atoms with van der Waals surface area (Å²) in [4.78, 5) is 0. The van der Waals surface area contributed by atoms with E-state index >= 15 is 0 Å². The van der Waals surface area contributed by atoms with Gasteiger partial charge >= 0.3 is 0 Å². The molecular formula is C4H2N4O2S2. The molecular weight excluding hydrogens is 200 g/mol. The predicted octanol–water partition coefficient (Wildman–Crippen LogP) is 1.25. The summed E-state index contributed by atoms with van der Waals surface area (Å²) >= 11 is 0. The molecule has 12 heavy (non-hydrogen) atoms. The lowest BCUT2D eigenvalue weighted by molar-refractivity contribution is 0.298. The maximum atomic E-state index is 4.39. The maximum Gasteiger partial charge on any atom is 0.171 e. The van der Waals surface area contributed by atoms with Gasteiger partial charge in [0.1, 0.15) is 12.4 Å². The van der Waals surface area contributed by atoms with Crippen molar-refractivity contribution in [2.75, 3.05) is 0 Å². The van der Waals surface area contributed by atoms with Crippen molar-refractivity contribution < 1.29 is 9.26 Å². The van der Waals surface area contributed by atoms with Crippen molar-refractivity contribution in [1.82, 2.24) is 20.6 Å². The molecule has 0 atom stereocenters. The van der Waals surface area contributed by atoms with Gasteiger partial charge in [-0.05, 0) is 31.9 Å². The van der Waals surface area contributed by atoms with Crippen LogP contribution in [0.5, 0.6) is 0 Å². The molecule has 0 spiro atoms. The number of rotatable bonds is 3. The van der Waals surface area contributed by atoms with E-state index < -0.39 is 0 Å². The van der Waals surface area contributed by atoms with E-state index in [1.807, 2.05) is 0 Å². The van der Waals surface area contributed by atoms with Crippen molar-refractivity contribution >= 4 is 21.6 Å². The van der Waals surface area contributed by atoms with Crippen molar-refractivity contribution in [2.24, 2.45) is 0 Å². The summed E-state index contributed by atoms with van der Waals surface area (Å²) < 4.78 is 8.78. The van der Waals surface area contributed by atoms with Crippen molar-refractivity contribution in [3.05, 3.63) is 12.4 Å². The second kappa shape index (κ2) is 3.59. The van der Waals surface area contributed by atoms with Gasteiger partial charge in [-0.25, -0.2) is 9.26 Å². The molecule has 0 aliphatic carbocycles. The van der Waals surface area contributed by atoms with Gasteiger partial charge < -0.3 is 0 Å². The fourth-order valence-corrected chi connectivity index (χ4v) is 1.89. The third kappa shape index (κ3) is 1.77. The standard InChI is InChI=1S/C4H2N4O2S2/c1-3(7-9-5-1)11-12-4-2-6-10-8-4/h1-2H. The Hall–Kier alpha value is -1.02. The molecule has 0 bridgehead atoms. The Balaban J connectivity index is 1.91. The smallest absolute Gasteiger partial charge is 0.171 e. The minimum Gasteiger partial charge on any atom is -0.243 e. The van der Waals surface area contributed by atoms with Gasteiger partial charge in [-0.2, -0.15) is 0 Å². The van der Waals surface area contributed by atoms with Crippen LogP contribution in [0.1, 0.15) is 0 Å². The van der Waals surface area contributed by atoms with Gasteiger partial charge in [-0.3, -0.25) is 0 Å². The van der Waals surface area contributed by atoms with Crippen molar-refractivity contribution in [3.63, 3.8) is 0 Å². The summed E-state index contributed by atoms with van der Waals surface area (Å²) in [6, 6.07) is 0. The number of aromatic nitrogens is 4. The number of nitrogens with zero attached hydrogens (tertiary/aromatic N) is 4. The molecule has 0 unspecified atom stereocenters. The highest BCUT2D eigenvalue weighted by molar-refractivity contribution is 8.76. The SMILES string of the molecule is c1nonc1SSc1cnon1. The Morgan fingerprint density at radius 1 is 0.917 bits per heavy atom. The summed E-state index contributed by atoms with van der Waals surface area (Å²) in [7, 11) is 2.74. The van der Waals surface area contributed by atoms with Crippen LogP contribution < -0.4 is 0 Å². The Labute approximate surface area is 74.4 Å². The molecule has 0 aliphatic heterocycles. The zero-order chi connectivity index (χ0) is 8.23. The van der Waals surface area contributed by atoms with Crippen LogP contribution in [0, 0.1) is 0 Å². The van der Waals surface area contributed by atoms with E-state index in [0.717, 1.165) is 0 Å². The number of hydrogen-bond acceptors (Lipinski definition) is 8. The lowest BCUT2D eigenvalue weighted by Crippen LogP contribution is -1.65. The van der Waals surface area contributed by atoms with E-state index in [-0.39, 0.29) is 0 Å². The van der Waals surface area contributed by atoms with E-state index in [2.05, 4.69) is 29.9 Å². The van der Waals surface area contributed by atoms with E-state index in [9.17, 15) is 0 Å². The average molecular weight is 202 g/mol. The summed E-state index contributed by atoms with van der Waals surface area (Å²) in [6.45, 7) is 0. The lowest BCUT2D eigenvalue weighted by Gasteiger charge is -1.86. The molecule has 2 rings (SSSR count). The molecule has 0 aromatic carbocycles. The number of hydrogen-bond donors (Lipinski definition) is 0. The van der Waals surface area contributed by atoms with Crippen LogP contribution in [-0.2, 0) is 0 Å². The fraction of sp³-hybridized carbons (Fsp3) is 0. The third-order valence-corrected chi connectivity index (χ3v) is 2.95. The summed E-state index contributed by atoms with van der Waals surface area (Å²) in [6.07, 6.45) is 3.04. The zero-order valence-electron chi connectivity index (χ0n) is 5.58. The monoisotopic (exact) mass is 202 g/mol. The van der Waals surface area contributed by atoms with Crippen molar-refractivity contribution in [3.8, 4) is 0 Å². The molecule has 8 heteroatoms. The molecule has 0 aliphatic rings. The minimum atomic E-state index is 0.683. The van der Waals surface area contributed by atoms with Gasteiger partial charge in [-0.1, -0.05) is 10.3 Å². The van der Waals surface area contributed by atoms with Gasteiger partial charge in [0.25, 0.3) is 0 Å². The Kier molecular flexibility index (Phi) is 2.28. The topological polar surface area (TPSA) is 77.8 Å². The van der Waals surface area contributed by atoms with Crippen molar-refractivity contribution in [1.29, 1.82) is 0 Å². The maximum absolute atomic E-state index is 4.39. The first-order chi connectivity index (χ1) is 5.95. The molecule has 2 aromatic rings. The molecule has 2 aromatic heterocycles. The Morgan fingerprint density at radius 3 is 1.75 bits per heavy atom. The average Bonchev–Trinajstić information content (AvgIpc) is 2.74. The second-order valence-corrected chi connectivity index (χ2v) is 3.83. The quantitative estimate of drug-likeness (QED) is 0.688. The van der Waals surface area contributed by atoms with Crippen LogP contribution in [0.4, 0.5) is 0 Å². The highest BCUT2D eigenvalue weighted by Crippen LogP contribution is 2.34. The van der Waals surface area contributed by atoms with E-state index in [4.69, 9.17) is 0 Å². The minimum absolute atomic E-state index is 0.683. The van der Waals surface area contributed by atoms with Crippen LogP contribution in [0.25, 0.3) is 0 Å². The predicted molar refractivity (Wildman–Crippen MR) is 40.3 cm³/mol. The van der Waals surface area contributed by atoms with Gasteiger partial charge in [-0.15, -0.1) is 0 Å². The molecule has 0 N–H and O–H groups in total. The van der Waals surface area contributed by atoms with E-state index in [1.165, 1.54) is 34.0 Å². The first-order valence-electron chi connectivity index (χ1n) is 2.85. The summed E-state index contributed by atoms with van der Waals surface area (Å²) in [5.74, 6) is 0. The van der Waals surface area contributed by atoms with Crippen LogP contribution in [0.15, 0.2) is 31.7 Å². The Morgan fingerprint density at radius 2 is 1.42 bits per heavy atom. The molecule has 0 radical (unpaired) electrons. The first-order valence-corrected chi connectivity index (χ1v) is 5.00. The normalized spacial score (nSPS) is 10.3. The molecule has 0 saturated heterocycles. The Bertz CT molecular complexity index is 286. The molecule has 0 amide bonds. The van der Waals surface area contributed by atoms with Gasteiger partial charge in [0.15, 0.2) is 10.1 Å².